The van der Waals surface area contributed by atoms with Crippen molar-refractivity contribution in [1.29, 1.82) is 0 Å². The number of hydrogen-bond donors (Lipinski definition) is 2. The lowest BCUT2D eigenvalue weighted by molar-refractivity contribution is -0.139. The second-order valence-electron chi connectivity index (χ2n) is 4.90. The molecule has 6 heteroatoms. The molecule has 0 aliphatic heterocycles. The number of carboxylic acids is 1. The highest BCUT2D eigenvalue weighted by Crippen LogP contribution is 2.24. The van der Waals surface area contributed by atoms with Crippen molar-refractivity contribution in [3.63, 3.8) is 0 Å². The van der Waals surface area contributed by atoms with Crippen LogP contribution in [0, 0.1) is 0 Å². The molecule has 1 rings (SSSR count). The van der Waals surface area contributed by atoms with Gasteiger partial charge in [0.15, 0.2) is 6.61 Å². The minimum absolute atomic E-state index is 0.0806. The summed E-state index contributed by atoms with van der Waals surface area (Å²) in [6.45, 7) is 6.11. The fraction of sp³-hybridized carbons (Fsp3) is 0.467. The van der Waals surface area contributed by atoms with Crippen molar-refractivity contribution in [1.82, 2.24) is 4.90 Å². The van der Waals surface area contributed by atoms with Crippen molar-refractivity contribution in [3.8, 4) is 5.75 Å². The van der Waals surface area contributed by atoms with Crippen LogP contribution in [0.1, 0.15) is 27.2 Å². The third kappa shape index (κ3) is 5.33. The number of urea groups is 1. The second-order valence-corrected chi connectivity index (χ2v) is 4.90. The Kier molecular flexibility index (Phi) is 6.52. The number of anilines is 1. The number of amides is 2. The Morgan fingerprint density at radius 2 is 2.00 bits per heavy atom. The number of nitrogens with zero attached hydrogens (tertiary/aromatic N) is 1. The average molecular weight is 294 g/mol. The molecule has 2 N–H and O–H groups in total. The van der Waals surface area contributed by atoms with Gasteiger partial charge in [-0.1, -0.05) is 19.1 Å². The van der Waals surface area contributed by atoms with Gasteiger partial charge in [0.1, 0.15) is 5.75 Å². The molecule has 0 heterocycles. The van der Waals surface area contributed by atoms with E-state index >= 15 is 0 Å². The molecule has 0 saturated heterocycles. The summed E-state index contributed by atoms with van der Waals surface area (Å²) in [6, 6.07) is 6.63. The van der Waals surface area contributed by atoms with Gasteiger partial charge in [-0.25, -0.2) is 9.59 Å². The van der Waals surface area contributed by atoms with Crippen molar-refractivity contribution < 1.29 is 19.4 Å². The Labute approximate surface area is 124 Å². The van der Waals surface area contributed by atoms with E-state index < -0.39 is 12.6 Å². The van der Waals surface area contributed by atoms with E-state index in [0.29, 0.717) is 18.0 Å². The van der Waals surface area contributed by atoms with Gasteiger partial charge in [0.25, 0.3) is 0 Å². The number of para-hydroxylation sites is 2. The number of benzene rings is 1. The van der Waals surface area contributed by atoms with E-state index in [9.17, 15) is 9.59 Å². The van der Waals surface area contributed by atoms with Crippen LogP contribution < -0.4 is 10.1 Å². The molecule has 1 aromatic carbocycles. The highest BCUT2D eigenvalue weighted by atomic mass is 16.5. The molecular formula is C15H22N2O4. The highest BCUT2D eigenvalue weighted by molar-refractivity contribution is 5.91. The number of carboxylic acid groups (broad SMARTS) is 1. The molecule has 0 spiro atoms. The van der Waals surface area contributed by atoms with Crippen LogP contribution in [0.25, 0.3) is 0 Å². The van der Waals surface area contributed by atoms with E-state index in [1.807, 2.05) is 20.8 Å². The monoisotopic (exact) mass is 294 g/mol. The lowest BCUT2D eigenvalue weighted by Crippen LogP contribution is -2.40. The molecule has 116 valence electrons. The van der Waals surface area contributed by atoms with Gasteiger partial charge in [-0.3, -0.25) is 0 Å². The molecule has 2 amide bonds. The lowest BCUT2D eigenvalue weighted by Gasteiger charge is -2.26. The van der Waals surface area contributed by atoms with E-state index in [-0.39, 0.29) is 12.1 Å². The van der Waals surface area contributed by atoms with Gasteiger partial charge >= 0.3 is 12.0 Å². The molecule has 0 fully saturated rings. The van der Waals surface area contributed by atoms with Crippen LogP contribution in [-0.2, 0) is 4.79 Å². The molecule has 0 radical (unpaired) electrons. The Balaban J connectivity index is 2.81. The molecule has 1 aromatic rings. The zero-order chi connectivity index (χ0) is 15.8. The van der Waals surface area contributed by atoms with E-state index in [1.54, 1.807) is 29.2 Å². The Bertz CT molecular complexity index is 488. The maximum absolute atomic E-state index is 12.3. The summed E-state index contributed by atoms with van der Waals surface area (Å²) in [6.07, 6.45) is 0.864. The normalized spacial score (nSPS) is 10.3. The first kappa shape index (κ1) is 16.8. The summed E-state index contributed by atoms with van der Waals surface area (Å²) in [7, 11) is 0. The molecule has 0 saturated carbocycles. The first-order valence-corrected chi connectivity index (χ1v) is 6.97. The highest BCUT2D eigenvalue weighted by Gasteiger charge is 2.17. The van der Waals surface area contributed by atoms with Crippen LogP contribution in [0.15, 0.2) is 24.3 Å². The smallest absolute Gasteiger partial charge is 0.341 e. The lowest BCUT2D eigenvalue weighted by atomic mass is 10.2. The zero-order valence-electron chi connectivity index (χ0n) is 12.6. The van der Waals surface area contributed by atoms with Gasteiger partial charge in [0.2, 0.25) is 0 Å². The standard InChI is InChI=1S/C15H22N2O4/c1-4-9-17(11(2)3)15(20)16-12-7-5-6-8-13(12)21-10-14(18)19/h5-8,11H,4,9-10H2,1-3H3,(H,16,20)(H,18,19). The van der Waals surface area contributed by atoms with Crippen LogP contribution in [0.2, 0.25) is 0 Å². The minimum Gasteiger partial charge on any atom is -0.480 e. The number of nitrogens with one attached hydrogen (secondary N) is 1. The number of rotatable bonds is 7. The van der Waals surface area contributed by atoms with E-state index in [1.165, 1.54) is 0 Å². The quantitative estimate of drug-likeness (QED) is 0.810. The summed E-state index contributed by atoms with van der Waals surface area (Å²) >= 11 is 0. The largest absolute Gasteiger partial charge is 0.480 e. The molecule has 0 atom stereocenters. The van der Waals surface area contributed by atoms with Crippen molar-refractivity contribution in [3.05, 3.63) is 24.3 Å². The average Bonchev–Trinajstić information content (AvgIpc) is 2.43. The number of carbonyl (C=O) groups excluding carboxylic acids is 1. The maximum atomic E-state index is 12.3. The van der Waals surface area contributed by atoms with Gasteiger partial charge in [0.05, 0.1) is 5.69 Å². The van der Waals surface area contributed by atoms with Crippen molar-refractivity contribution in [2.24, 2.45) is 0 Å². The molecule has 21 heavy (non-hydrogen) atoms. The SMILES string of the molecule is CCCN(C(=O)Nc1ccccc1OCC(=O)O)C(C)C. The zero-order valence-corrected chi connectivity index (χ0v) is 12.6. The maximum Gasteiger partial charge on any atom is 0.341 e. The first-order chi connectivity index (χ1) is 9.95. The summed E-state index contributed by atoms with van der Waals surface area (Å²) in [4.78, 5) is 24.6. The third-order valence-corrected chi connectivity index (χ3v) is 2.83. The Morgan fingerprint density at radius 3 is 2.57 bits per heavy atom. The Morgan fingerprint density at radius 1 is 1.33 bits per heavy atom. The van der Waals surface area contributed by atoms with Crippen LogP contribution in [-0.4, -0.2) is 41.2 Å². The van der Waals surface area contributed by atoms with Crippen LogP contribution >= 0.6 is 0 Å². The summed E-state index contributed by atoms with van der Waals surface area (Å²) < 4.78 is 5.17. The number of carbonyl (C=O) groups is 2. The van der Waals surface area contributed by atoms with Crippen molar-refractivity contribution in [2.75, 3.05) is 18.5 Å². The molecule has 0 bridgehead atoms. The van der Waals surface area contributed by atoms with Gasteiger partial charge in [-0.05, 0) is 32.4 Å². The van der Waals surface area contributed by atoms with Crippen molar-refractivity contribution >= 4 is 17.7 Å². The predicted molar refractivity (Wildman–Crippen MR) is 80.7 cm³/mol. The topological polar surface area (TPSA) is 78.9 Å². The predicted octanol–water partition coefficient (Wildman–Crippen LogP) is 2.80. The fourth-order valence-corrected chi connectivity index (χ4v) is 1.86. The van der Waals surface area contributed by atoms with E-state index in [4.69, 9.17) is 9.84 Å². The van der Waals surface area contributed by atoms with Gasteiger partial charge in [-0.15, -0.1) is 0 Å². The van der Waals surface area contributed by atoms with Gasteiger partial charge in [0, 0.05) is 12.6 Å². The summed E-state index contributed by atoms with van der Waals surface area (Å²) in [5.41, 5.74) is 0.463. The van der Waals surface area contributed by atoms with Crippen LogP contribution in [0.3, 0.4) is 0 Å². The number of ether oxygens (including phenoxy) is 1. The van der Waals surface area contributed by atoms with Crippen LogP contribution in [0.5, 0.6) is 5.75 Å². The summed E-state index contributed by atoms with van der Waals surface area (Å²) in [5, 5.41) is 11.4. The number of hydrogen-bond acceptors (Lipinski definition) is 3. The van der Waals surface area contributed by atoms with Crippen molar-refractivity contribution in [2.45, 2.75) is 33.2 Å². The van der Waals surface area contributed by atoms with E-state index in [0.717, 1.165) is 6.42 Å². The molecule has 0 aliphatic carbocycles. The fourth-order valence-electron chi connectivity index (χ4n) is 1.86. The van der Waals surface area contributed by atoms with Gasteiger partial charge in [-0.2, -0.15) is 0 Å². The summed E-state index contributed by atoms with van der Waals surface area (Å²) in [5.74, 6) is -0.723. The number of aliphatic carboxylic acids is 1. The molecule has 0 unspecified atom stereocenters. The van der Waals surface area contributed by atoms with Gasteiger partial charge < -0.3 is 20.1 Å². The minimum atomic E-state index is -1.06. The second kappa shape index (κ2) is 8.14. The van der Waals surface area contributed by atoms with E-state index in [2.05, 4.69) is 5.32 Å². The molecule has 0 aromatic heterocycles. The first-order valence-electron chi connectivity index (χ1n) is 6.97. The molecule has 0 aliphatic rings. The third-order valence-electron chi connectivity index (χ3n) is 2.83. The molecule has 6 nitrogen and oxygen atoms in total. The molecular weight excluding hydrogens is 272 g/mol. The Hall–Kier alpha value is -2.24. The van der Waals surface area contributed by atoms with Crippen LogP contribution in [0.4, 0.5) is 10.5 Å².